The Hall–Kier alpha value is -6.26. The van der Waals surface area contributed by atoms with Crippen molar-refractivity contribution in [3.8, 4) is 67.5 Å². The van der Waals surface area contributed by atoms with Crippen LogP contribution < -0.4 is 0 Å². The predicted molar refractivity (Wildman–Crippen MR) is 244 cm³/mol. The van der Waals surface area contributed by atoms with Crippen LogP contribution in [0.3, 0.4) is 0 Å². The maximum Gasteiger partial charge on any atom is 0.149 e. The molecule has 1 N–H and O–H groups in total. The van der Waals surface area contributed by atoms with Gasteiger partial charge in [-0.05, 0) is 135 Å². The fourth-order valence-electron chi connectivity index (χ4n) is 7.69. The number of imidazole rings is 1. The van der Waals surface area contributed by atoms with Gasteiger partial charge in [-0.3, -0.25) is 9.55 Å². The Balaban J connectivity index is 1.39. The molecular weight excluding hydrogens is 707 g/mol. The summed E-state index contributed by atoms with van der Waals surface area (Å²) in [5.41, 5.74) is 9.16. The molecule has 2 aromatic heterocycles. The SMILES string of the molecule is [2H]c1nc(-c2cc(-c3cccc4c3nc(-c3cc(C)cc(C)c3O)n4-c3ccc(-c4c(C([2H])(C)C)cccc4C([2H])(C)C)cc3)cc(C(C)(C)C)c2)c([2H])c(-c2c([2H])c([2H])c([2H])c([2H])c2[2H])c1[2H]. The highest BCUT2D eigenvalue weighted by Gasteiger charge is 2.24. The smallest absolute Gasteiger partial charge is 0.149 e. The molecule has 2 heterocycles. The second kappa shape index (κ2) is 15.2. The molecule has 0 atom stereocenters. The normalized spacial score (nSPS) is 14.7. The van der Waals surface area contributed by atoms with Crippen molar-refractivity contribution in [3.63, 3.8) is 0 Å². The molecule has 8 rings (SSSR count). The van der Waals surface area contributed by atoms with Gasteiger partial charge in [0, 0.05) is 25.7 Å². The maximum absolute atomic E-state index is 11.7. The highest BCUT2D eigenvalue weighted by Crippen LogP contribution is 2.42. The summed E-state index contributed by atoms with van der Waals surface area (Å²) in [6, 6.07) is 25.3. The summed E-state index contributed by atoms with van der Waals surface area (Å²) < 4.78 is 89.3. The molecular formula is C54H53N3O. The van der Waals surface area contributed by atoms with E-state index in [2.05, 4.69) is 4.98 Å². The zero-order chi connectivity index (χ0) is 49.7. The molecule has 58 heavy (non-hydrogen) atoms. The molecule has 0 aliphatic carbocycles. The lowest BCUT2D eigenvalue weighted by Gasteiger charge is -2.22. The molecule has 0 aliphatic rings. The van der Waals surface area contributed by atoms with E-state index in [-0.39, 0.29) is 28.6 Å². The van der Waals surface area contributed by atoms with E-state index in [4.69, 9.17) is 17.3 Å². The Labute approximate surface area is 358 Å². The van der Waals surface area contributed by atoms with Gasteiger partial charge in [0.05, 0.1) is 33.3 Å². The van der Waals surface area contributed by atoms with Crippen LogP contribution >= 0.6 is 0 Å². The number of nitrogens with zero attached hydrogens (tertiary/aromatic N) is 3. The van der Waals surface area contributed by atoms with Crippen LogP contribution in [0.5, 0.6) is 5.75 Å². The van der Waals surface area contributed by atoms with Gasteiger partial charge in [0.15, 0.2) is 0 Å². The molecule has 0 fully saturated rings. The van der Waals surface area contributed by atoms with Crippen LogP contribution in [-0.4, -0.2) is 19.6 Å². The van der Waals surface area contributed by atoms with Crippen LogP contribution in [0.4, 0.5) is 0 Å². The van der Waals surface area contributed by atoms with E-state index in [9.17, 15) is 6.48 Å². The highest BCUT2D eigenvalue weighted by molar-refractivity contribution is 5.97. The minimum Gasteiger partial charge on any atom is -0.507 e. The van der Waals surface area contributed by atoms with Crippen molar-refractivity contribution in [2.75, 3.05) is 0 Å². The number of aromatic hydroxyl groups is 1. The van der Waals surface area contributed by atoms with Crippen molar-refractivity contribution >= 4 is 11.0 Å². The summed E-state index contributed by atoms with van der Waals surface area (Å²) in [6.07, 6.45) is -0.517. The standard InChI is InChI=1S/C54H53N3O/c1-33(2)44-17-13-18-45(34(3)4)50(44)38-21-23-43(24-22-38)57-49-20-14-19-46(51(49)56-53(57)47-28-35(5)27-36(6)52(47)58)40-29-41(31-42(30-40)54(7,8)9)48-32-39(25-26-55-48)37-15-11-10-12-16-37/h10-34,58H,1-9H3/i10D,11D,12D,15D,16D,25D,26D,32D,33D,34D. The minimum absolute atomic E-state index is 0.00569. The first-order valence-corrected chi connectivity index (χ1v) is 19.5. The van der Waals surface area contributed by atoms with Crippen LogP contribution in [-0.2, 0) is 5.41 Å². The molecule has 290 valence electrons. The maximum atomic E-state index is 11.7. The fourth-order valence-corrected chi connectivity index (χ4v) is 7.69. The molecule has 0 radical (unpaired) electrons. The molecule has 0 amide bonds. The Morgan fingerprint density at radius 3 is 2.03 bits per heavy atom. The van der Waals surface area contributed by atoms with Gasteiger partial charge in [0.2, 0.25) is 0 Å². The van der Waals surface area contributed by atoms with Gasteiger partial charge in [0.1, 0.15) is 11.6 Å². The molecule has 0 aliphatic heterocycles. The van der Waals surface area contributed by atoms with Crippen LogP contribution in [0, 0.1) is 13.8 Å². The van der Waals surface area contributed by atoms with Gasteiger partial charge in [-0.25, -0.2) is 4.98 Å². The summed E-state index contributed by atoms with van der Waals surface area (Å²) in [7, 11) is 0. The first-order chi connectivity index (χ1) is 31.7. The summed E-state index contributed by atoms with van der Waals surface area (Å²) >= 11 is 0. The second-order valence-corrected chi connectivity index (χ2v) is 16.4. The number of hydrogen-bond donors (Lipinski definition) is 1. The fraction of sp³-hybridized carbons (Fsp3) is 0.222. The minimum atomic E-state index is -0.941. The molecule has 4 nitrogen and oxygen atoms in total. The first-order valence-electron chi connectivity index (χ1n) is 24.5. The predicted octanol–water partition coefficient (Wildman–Crippen LogP) is 14.6. The van der Waals surface area contributed by atoms with Gasteiger partial charge in [-0.1, -0.05) is 133 Å². The quantitative estimate of drug-likeness (QED) is 0.167. The van der Waals surface area contributed by atoms with E-state index in [1.165, 1.54) is 0 Å². The van der Waals surface area contributed by atoms with Crippen LogP contribution in [0.15, 0.2) is 139 Å². The highest BCUT2D eigenvalue weighted by atomic mass is 16.3. The lowest BCUT2D eigenvalue weighted by atomic mass is 9.83. The number of pyridine rings is 1. The van der Waals surface area contributed by atoms with Crippen molar-refractivity contribution in [2.24, 2.45) is 0 Å². The molecule has 0 bridgehead atoms. The van der Waals surface area contributed by atoms with Crippen LogP contribution in [0.2, 0.25) is 0 Å². The zero-order valence-corrected chi connectivity index (χ0v) is 34.4. The van der Waals surface area contributed by atoms with E-state index in [0.29, 0.717) is 39.2 Å². The van der Waals surface area contributed by atoms with E-state index in [0.717, 1.165) is 44.6 Å². The summed E-state index contributed by atoms with van der Waals surface area (Å²) in [5.74, 6) is -1.31. The van der Waals surface area contributed by atoms with Crippen molar-refractivity contribution in [2.45, 2.75) is 79.5 Å². The molecule has 4 heteroatoms. The number of phenolic OH excluding ortho intramolecular Hbond substituents is 1. The van der Waals surface area contributed by atoms with Gasteiger partial charge in [-0.2, -0.15) is 0 Å². The number of para-hydroxylation sites is 1. The number of hydrogen-bond acceptors (Lipinski definition) is 3. The molecule has 0 saturated carbocycles. The largest absolute Gasteiger partial charge is 0.507 e. The van der Waals surface area contributed by atoms with E-state index in [1.54, 1.807) is 0 Å². The monoisotopic (exact) mass is 769 g/mol. The lowest BCUT2D eigenvalue weighted by Crippen LogP contribution is -2.11. The number of aryl methyl sites for hydroxylation is 2. The summed E-state index contributed by atoms with van der Waals surface area (Å²) in [5, 5.41) is 11.7. The van der Waals surface area contributed by atoms with E-state index >= 15 is 0 Å². The third kappa shape index (κ3) is 7.24. The topological polar surface area (TPSA) is 50.9 Å². The van der Waals surface area contributed by atoms with Crippen molar-refractivity contribution in [1.29, 1.82) is 0 Å². The number of rotatable bonds is 8. The van der Waals surface area contributed by atoms with Crippen molar-refractivity contribution in [3.05, 3.63) is 167 Å². The van der Waals surface area contributed by atoms with Crippen LogP contribution in [0.1, 0.15) is 102 Å². The van der Waals surface area contributed by atoms with Gasteiger partial charge in [0.25, 0.3) is 0 Å². The number of aromatic nitrogens is 3. The molecule has 0 saturated heterocycles. The van der Waals surface area contributed by atoms with Crippen molar-refractivity contribution in [1.82, 2.24) is 14.5 Å². The third-order valence-corrected chi connectivity index (χ3v) is 10.7. The summed E-state index contributed by atoms with van der Waals surface area (Å²) in [4.78, 5) is 9.77. The molecule has 0 spiro atoms. The van der Waals surface area contributed by atoms with E-state index in [1.807, 2.05) is 158 Å². The van der Waals surface area contributed by atoms with Gasteiger partial charge < -0.3 is 5.11 Å². The zero-order valence-electron chi connectivity index (χ0n) is 44.4. The number of phenols is 1. The lowest BCUT2D eigenvalue weighted by molar-refractivity contribution is 0.472. The number of benzene rings is 6. The van der Waals surface area contributed by atoms with Crippen LogP contribution in [0.25, 0.3) is 72.7 Å². The van der Waals surface area contributed by atoms with Gasteiger partial charge in [-0.15, -0.1) is 0 Å². The van der Waals surface area contributed by atoms with E-state index < -0.39 is 59.6 Å². The molecule has 8 aromatic rings. The van der Waals surface area contributed by atoms with Gasteiger partial charge >= 0.3 is 0 Å². The number of fused-ring (bicyclic) bond motifs is 1. The Bertz CT molecular complexity index is 3300. The average Bonchev–Trinajstić information content (AvgIpc) is 3.67. The second-order valence-electron chi connectivity index (χ2n) is 16.4. The third-order valence-electron chi connectivity index (χ3n) is 10.7. The molecule has 0 unspecified atom stereocenters. The Kier molecular flexibility index (Phi) is 7.41. The van der Waals surface area contributed by atoms with Crippen molar-refractivity contribution < 1.29 is 18.8 Å². The Morgan fingerprint density at radius 2 is 1.36 bits per heavy atom. The average molecular weight is 770 g/mol. The molecule has 6 aromatic carbocycles. The first kappa shape index (κ1) is 28.2. The summed E-state index contributed by atoms with van der Waals surface area (Å²) in [6.45, 7) is 17.4. The Morgan fingerprint density at radius 1 is 0.690 bits per heavy atom.